The average Bonchev–Trinajstić information content (AvgIpc) is 2.69. The van der Waals surface area contributed by atoms with Gasteiger partial charge >= 0.3 is 0 Å². The summed E-state index contributed by atoms with van der Waals surface area (Å²) in [5, 5.41) is 13.0. The lowest BCUT2D eigenvalue weighted by atomic mass is 10.3. The molecule has 90 valence electrons. The van der Waals surface area contributed by atoms with E-state index in [-0.39, 0.29) is 12.5 Å². The highest BCUT2D eigenvalue weighted by molar-refractivity contribution is 7.12. The van der Waals surface area contributed by atoms with E-state index in [0.717, 1.165) is 6.42 Å². The standard InChI is InChI=1S/C10H16N2O3S/c11-8-2-7-16-9(8)10(14)12-3-1-5-15-6-4-13/h2,7,13H,1,3-6,11H2,(H,12,14). The van der Waals surface area contributed by atoms with Crippen LogP contribution in [-0.4, -0.2) is 37.4 Å². The van der Waals surface area contributed by atoms with E-state index in [2.05, 4.69) is 5.32 Å². The molecule has 0 aromatic carbocycles. The first-order chi connectivity index (χ1) is 7.75. The van der Waals surface area contributed by atoms with E-state index in [4.69, 9.17) is 15.6 Å². The first kappa shape index (κ1) is 13.0. The Morgan fingerprint density at radius 1 is 1.56 bits per heavy atom. The number of amides is 1. The van der Waals surface area contributed by atoms with Crippen molar-refractivity contribution >= 4 is 22.9 Å². The number of aliphatic hydroxyl groups excluding tert-OH is 1. The number of hydrogen-bond donors (Lipinski definition) is 3. The van der Waals surface area contributed by atoms with Crippen LogP contribution in [0.25, 0.3) is 0 Å². The molecule has 16 heavy (non-hydrogen) atoms. The fraction of sp³-hybridized carbons (Fsp3) is 0.500. The van der Waals surface area contributed by atoms with Crippen LogP contribution in [0.2, 0.25) is 0 Å². The molecule has 0 aliphatic rings. The van der Waals surface area contributed by atoms with Crippen LogP contribution < -0.4 is 11.1 Å². The molecule has 0 saturated carbocycles. The third-order valence-electron chi connectivity index (χ3n) is 1.89. The molecule has 0 radical (unpaired) electrons. The molecule has 0 unspecified atom stereocenters. The lowest BCUT2D eigenvalue weighted by Gasteiger charge is -2.04. The van der Waals surface area contributed by atoms with Gasteiger partial charge in [-0.1, -0.05) is 0 Å². The van der Waals surface area contributed by atoms with E-state index in [1.54, 1.807) is 11.4 Å². The summed E-state index contributed by atoms with van der Waals surface area (Å²) < 4.78 is 5.06. The number of nitrogens with two attached hydrogens (primary N) is 1. The van der Waals surface area contributed by atoms with Gasteiger partial charge in [0.15, 0.2) is 0 Å². The summed E-state index contributed by atoms with van der Waals surface area (Å²) in [7, 11) is 0. The Morgan fingerprint density at radius 2 is 2.38 bits per heavy atom. The zero-order valence-corrected chi connectivity index (χ0v) is 9.76. The van der Waals surface area contributed by atoms with Crippen molar-refractivity contribution in [1.82, 2.24) is 5.32 Å². The van der Waals surface area contributed by atoms with Gasteiger partial charge in [0.1, 0.15) is 4.88 Å². The normalized spacial score (nSPS) is 10.3. The number of nitrogens with one attached hydrogen (secondary N) is 1. The summed E-state index contributed by atoms with van der Waals surface area (Å²) in [5.41, 5.74) is 6.12. The summed E-state index contributed by atoms with van der Waals surface area (Å²) in [6.07, 6.45) is 0.719. The van der Waals surface area contributed by atoms with Gasteiger partial charge in [-0.25, -0.2) is 0 Å². The molecule has 0 aliphatic heterocycles. The summed E-state index contributed by atoms with van der Waals surface area (Å²) in [4.78, 5) is 12.1. The van der Waals surface area contributed by atoms with Crippen LogP contribution in [0.5, 0.6) is 0 Å². The molecule has 1 aromatic rings. The number of nitrogen functional groups attached to an aromatic ring is 1. The Kier molecular flexibility index (Phi) is 5.84. The van der Waals surface area contributed by atoms with Crippen LogP contribution in [-0.2, 0) is 4.74 Å². The van der Waals surface area contributed by atoms with E-state index in [1.807, 2.05) is 0 Å². The van der Waals surface area contributed by atoms with Gasteiger partial charge in [-0.2, -0.15) is 0 Å². The lowest BCUT2D eigenvalue weighted by molar-refractivity contribution is 0.0869. The molecule has 5 nitrogen and oxygen atoms in total. The van der Waals surface area contributed by atoms with Gasteiger partial charge in [-0.05, 0) is 17.9 Å². The molecule has 0 saturated heterocycles. The van der Waals surface area contributed by atoms with Crippen molar-refractivity contribution in [2.45, 2.75) is 6.42 Å². The Hall–Kier alpha value is -1.11. The zero-order valence-electron chi connectivity index (χ0n) is 8.94. The number of hydrogen-bond acceptors (Lipinski definition) is 5. The molecule has 1 heterocycles. The number of rotatable bonds is 7. The SMILES string of the molecule is Nc1ccsc1C(=O)NCCCOCCO. The minimum Gasteiger partial charge on any atom is -0.397 e. The highest BCUT2D eigenvalue weighted by Crippen LogP contribution is 2.17. The fourth-order valence-electron chi connectivity index (χ4n) is 1.13. The smallest absolute Gasteiger partial charge is 0.263 e. The van der Waals surface area contributed by atoms with Gasteiger partial charge in [0.2, 0.25) is 0 Å². The Bertz CT molecular complexity index is 328. The molecule has 0 fully saturated rings. The summed E-state index contributed by atoms with van der Waals surface area (Å²) in [5.74, 6) is -0.144. The zero-order chi connectivity index (χ0) is 11.8. The highest BCUT2D eigenvalue weighted by atomic mass is 32.1. The fourth-order valence-corrected chi connectivity index (χ4v) is 1.86. The Labute approximate surface area is 98.2 Å². The predicted molar refractivity (Wildman–Crippen MR) is 63.6 cm³/mol. The number of anilines is 1. The Morgan fingerprint density at radius 3 is 3.00 bits per heavy atom. The maximum atomic E-state index is 11.6. The minimum atomic E-state index is -0.144. The Balaban J connectivity index is 2.14. The third-order valence-corrected chi connectivity index (χ3v) is 2.82. The second-order valence-electron chi connectivity index (χ2n) is 3.15. The van der Waals surface area contributed by atoms with Crippen LogP contribution in [0.15, 0.2) is 11.4 Å². The van der Waals surface area contributed by atoms with Gasteiger partial charge in [0.05, 0.1) is 18.9 Å². The van der Waals surface area contributed by atoms with Gasteiger partial charge in [-0.3, -0.25) is 4.79 Å². The van der Waals surface area contributed by atoms with Crippen molar-refractivity contribution in [3.63, 3.8) is 0 Å². The van der Waals surface area contributed by atoms with Gasteiger partial charge in [0, 0.05) is 13.2 Å². The van der Waals surface area contributed by atoms with E-state index in [0.29, 0.717) is 30.3 Å². The molecule has 1 rings (SSSR count). The molecule has 0 aliphatic carbocycles. The molecule has 1 aromatic heterocycles. The van der Waals surface area contributed by atoms with Crippen LogP contribution >= 0.6 is 11.3 Å². The summed E-state index contributed by atoms with van der Waals surface area (Å²) in [6, 6.07) is 1.71. The number of carbonyl (C=O) groups excluding carboxylic acids is 1. The predicted octanol–water partition coefficient (Wildman–Crippen LogP) is 0.459. The van der Waals surface area contributed by atoms with Crippen molar-refractivity contribution < 1.29 is 14.6 Å². The van der Waals surface area contributed by atoms with Crippen LogP contribution in [0.4, 0.5) is 5.69 Å². The van der Waals surface area contributed by atoms with Crippen molar-refractivity contribution in [2.75, 3.05) is 32.1 Å². The quantitative estimate of drug-likeness (QED) is 0.608. The van der Waals surface area contributed by atoms with Crippen LogP contribution in [0.1, 0.15) is 16.1 Å². The van der Waals surface area contributed by atoms with Gasteiger partial charge in [0.25, 0.3) is 5.91 Å². The molecular weight excluding hydrogens is 228 g/mol. The monoisotopic (exact) mass is 244 g/mol. The molecule has 0 atom stereocenters. The molecule has 0 spiro atoms. The van der Waals surface area contributed by atoms with Crippen molar-refractivity contribution in [2.24, 2.45) is 0 Å². The van der Waals surface area contributed by atoms with Gasteiger partial charge < -0.3 is 20.9 Å². The largest absolute Gasteiger partial charge is 0.397 e. The topological polar surface area (TPSA) is 84.6 Å². The second-order valence-corrected chi connectivity index (χ2v) is 4.07. The van der Waals surface area contributed by atoms with E-state index < -0.39 is 0 Å². The van der Waals surface area contributed by atoms with Crippen molar-refractivity contribution in [3.8, 4) is 0 Å². The first-order valence-corrected chi connectivity index (χ1v) is 5.93. The number of carbonyl (C=O) groups is 1. The average molecular weight is 244 g/mol. The molecular formula is C10H16N2O3S. The van der Waals surface area contributed by atoms with Crippen LogP contribution in [0, 0.1) is 0 Å². The van der Waals surface area contributed by atoms with Gasteiger partial charge in [-0.15, -0.1) is 11.3 Å². The maximum Gasteiger partial charge on any atom is 0.263 e. The summed E-state index contributed by atoms with van der Waals surface area (Å²) >= 11 is 1.33. The van der Waals surface area contributed by atoms with E-state index in [9.17, 15) is 4.79 Å². The number of ether oxygens (including phenoxy) is 1. The van der Waals surface area contributed by atoms with Crippen LogP contribution in [0.3, 0.4) is 0 Å². The van der Waals surface area contributed by atoms with E-state index in [1.165, 1.54) is 11.3 Å². The highest BCUT2D eigenvalue weighted by Gasteiger charge is 2.09. The lowest BCUT2D eigenvalue weighted by Crippen LogP contribution is -2.25. The molecule has 1 amide bonds. The molecule has 0 bridgehead atoms. The second kappa shape index (κ2) is 7.21. The van der Waals surface area contributed by atoms with Crippen molar-refractivity contribution in [3.05, 3.63) is 16.3 Å². The third kappa shape index (κ3) is 4.18. The number of thiophene rings is 1. The molecule has 4 N–H and O–H groups in total. The van der Waals surface area contributed by atoms with E-state index >= 15 is 0 Å². The summed E-state index contributed by atoms with van der Waals surface area (Å²) in [6.45, 7) is 1.44. The first-order valence-electron chi connectivity index (χ1n) is 5.05. The molecule has 6 heteroatoms. The minimum absolute atomic E-state index is 0.0259. The maximum absolute atomic E-state index is 11.6. The number of aliphatic hydroxyl groups is 1. The van der Waals surface area contributed by atoms with Crippen molar-refractivity contribution in [1.29, 1.82) is 0 Å².